The van der Waals surface area contributed by atoms with Crippen molar-refractivity contribution in [2.45, 2.75) is 25.3 Å². The number of hydrogen-bond donors (Lipinski definition) is 2. The molecule has 0 aliphatic carbocycles. The van der Waals surface area contributed by atoms with E-state index in [1.165, 1.54) is 36.4 Å². The fourth-order valence-electron chi connectivity index (χ4n) is 2.21. The Bertz CT molecular complexity index is 873. The van der Waals surface area contributed by atoms with Gasteiger partial charge in [-0.25, -0.2) is 13.6 Å². The van der Waals surface area contributed by atoms with E-state index in [9.17, 15) is 18.0 Å². The average molecular weight is 335 g/mol. The zero-order chi connectivity index (χ0) is 17.2. The number of primary sulfonamides is 1. The molecule has 3 N–H and O–H groups in total. The SMILES string of the molecule is Cc1cc(=O)cc(C)n1CC(=O)Nc1ccc(S(N)(=O)=O)cc1. The molecule has 0 aliphatic rings. The molecule has 7 nitrogen and oxygen atoms in total. The zero-order valence-corrected chi connectivity index (χ0v) is 13.6. The lowest BCUT2D eigenvalue weighted by Crippen LogP contribution is -2.23. The van der Waals surface area contributed by atoms with E-state index in [2.05, 4.69) is 5.32 Å². The maximum Gasteiger partial charge on any atom is 0.244 e. The molecule has 0 aliphatic heterocycles. The van der Waals surface area contributed by atoms with Gasteiger partial charge in [0.2, 0.25) is 15.9 Å². The number of sulfonamides is 1. The highest BCUT2D eigenvalue weighted by Gasteiger charge is 2.10. The van der Waals surface area contributed by atoms with Crippen LogP contribution in [0.4, 0.5) is 5.69 Å². The molecule has 23 heavy (non-hydrogen) atoms. The Morgan fingerprint density at radius 1 is 1.13 bits per heavy atom. The first kappa shape index (κ1) is 16.9. The van der Waals surface area contributed by atoms with Crippen molar-refractivity contribution >= 4 is 21.6 Å². The van der Waals surface area contributed by atoms with Crippen molar-refractivity contribution in [2.75, 3.05) is 5.32 Å². The minimum absolute atomic E-state index is 0.0254. The van der Waals surface area contributed by atoms with Crippen molar-refractivity contribution in [2.24, 2.45) is 5.14 Å². The summed E-state index contributed by atoms with van der Waals surface area (Å²) in [6.45, 7) is 3.56. The normalized spacial score (nSPS) is 11.3. The highest BCUT2D eigenvalue weighted by Crippen LogP contribution is 2.13. The van der Waals surface area contributed by atoms with Gasteiger partial charge in [-0.2, -0.15) is 0 Å². The molecule has 0 radical (unpaired) electrons. The molecule has 0 saturated heterocycles. The van der Waals surface area contributed by atoms with Crippen LogP contribution >= 0.6 is 0 Å². The van der Waals surface area contributed by atoms with Crippen molar-refractivity contribution in [1.29, 1.82) is 0 Å². The van der Waals surface area contributed by atoms with Crippen LogP contribution in [0.2, 0.25) is 0 Å². The molecule has 0 bridgehead atoms. The molecule has 8 heteroatoms. The molecule has 2 aromatic rings. The van der Waals surface area contributed by atoms with Crippen molar-refractivity contribution in [3.63, 3.8) is 0 Å². The highest BCUT2D eigenvalue weighted by atomic mass is 32.2. The first-order valence-electron chi connectivity index (χ1n) is 6.77. The third-order valence-corrected chi connectivity index (χ3v) is 4.25. The minimum Gasteiger partial charge on any atom is -0.340 e. The van der Waals surface area contributed by atoms with Crippen LogP contribution in [-0.2, 0) is 21.4 Å². The molecule has 1 heterocycles. The second-order valence-corrected chi connectivity index (χ2v) is 6.74. The zero-order valence-electron chi connectivity index (χ0n) is 12.7. The van der Waals surface area contributed by atoms with Crippen molar-refractivity contribution < 1.29 is 13.2 Å². The number of nitrogens with zero attached hydrogens (tertiary/aromatic N) is 1. The summed E-state index contributed by atoms with van der Waals surface area (Å²) in [6, 6.07) is 8.48. The Hall–Kier alpha value is -2.45. The van der Waals surface area contributed by atoms with Gasteiger partial charge in [0.15, 0.2) is 5.43 Å². The van der Waals surface area contributed by atoms with Gasteiger partial charge in [-0.1, -0.05) is 0 Å². The van der Waals surface area contributed by atoms with Gasteiger partial charge in [-0.05, 0) is 38.1 Å². The molecule has 1 aromatic heterocycles. The van der Waals surface area contributed by atoms with E-state index in [-0.39, 0.29) is 22.8 Å². The van der Waals surface area contributed by atoms with Crippen molar-refractivity contribution in [3.05, 3.63) is 58.0 Å². The number of carbonyl (C=O) groups is 1. The number of rotatable bonds is 4. The van der Waals surface area contributed by atoms with Crippen LogP contribution in [-0.4, -0.2) is 18.9 Å². The summed E-state index contributed by atoms with van der Waals surface area (Å²) in [6.07, 6.45) is 0. The van der Waals surface area contributed by atoms with Gasteiger partial charge in [0, 0.05) is 29.2 Å². The smallest absolute Gasteiger partial charge is 0.244 e. The number of amides is 1. The standard InChI is InChI=1S/C15H17N3O4S/c1-10-7-13(19)8-11(2)18(10)9-15(20)17-12-3-5-14(6-4-12)23(16,21)22/h3-8H,9H2,1-2H3,(H,17,20)(H2,16,21,22). The molecule has 122 valence electrons. The van der Waals surface area contributed by atoms with Gasteiger partial charge in [-0.3, -0.25) is 9.59 Å². The summed E-state index contributed by atoms with van der Waals surface area (Å²) in [5, 5.41) is 7.68. The topological polar surface area (TPSA) is 111 Å². The highest BCUT2D eigenvalue weighted by molar-refractivity contribution is 7.89. The number of pyridine rings is 1. The van der Waals surface area contributed by atoms with E-state index in [4.69, 9.17) is 5.14 Å². The van der Waals surface area contributed by atoms with Crippen LogP contribution < -0.4 is 15.9 Å². The lowest BCUT2D eigenvalue weighted by atomic mass is 10.2. The lowest BCUT2D eigenvalue weighted by molar-refractivity contribution is -0.116. The summed E-state index contributed by atoms with van der Waals surface area (Å²) in [7, 11) is -3.76. The van der Waals surface area contributed by atoms with Crippen LogP contribution in [0.1, 0.15) is 11.4 Å². The largest absolute Gasteiger partial charge is 0.340 e. The number of nitrogens with two attached hydrogens (primary N) is 1. The summed E-state index contributed by atoms with van der Waals surface area (Å²) in [5.74, 6) is -0.289. The summed E-state index contributed by atoms with van der Waals surface area (Å²) >= 11 is 0. The molecular formula is C15H17N3O4S. The molecule has 0 unspecified atom stereocenters. The van der Waals surface area contributed by atoms with E-state index >= 15 is 0 Å². The number of aromatic nitrogens is 1. The van der Waals surface area contributed by atoms with E-state index in [1.54, 1.807) is 18.4 Å². The van der Waals surface area contributed by atoms with Gasteiger partial charge >= 0.3 is 0 Å². The quantitative estimate of drug-likeness (QED) is 0.858. The minimum atomic E-state index is -3.76. The number of benzene rings is 1. The van der Waals surface area contributed by atoms with Crippen LogP contribution in [0.15, 0.2) is 46.1 Å². The molecule has 2 rings (SSSR count). The number of carbonyl (C=O) groups excluding carboxylic acids is 1. The van der Waals surface area contributed by atoms with Crippen molar-refractivity contribution in [1.82, 2.24) is 4.57 Å². The van der Waals surface area contributed by atoms with Gasteiger partial charge in [0.25, 0.3) is 0 Å². The first-order valence-corrected chi connectivity index (χ1v) is 8.32. The Labute approximate surface area is 133 Å². The average Bonchev–Trinajstić information content (AvgIpc) is 2.42. The molecule has 0 saturated carbocycles. The second kappa shape index (κ2) is 6.35. The Balaban J connectivity index is 2.13. The molecule has 0 atom stereocenters. The Kier molecular flexibility index (Phi) is 4.67. The maximum atomic E-state index is 12.1. The monoisotopic (exact) mass is 335 g/mol. The fraction of sp³-hybridized carbons (Fsp3) is 0.200. The third-order valence-electron chi connectivity index (χ3n) is 3.32. The third kappa shape index (κ3) is 4.27. The second-order valence-electron chi connectivity index (χ2n) is 5.18. The van der Waals surface area contributed by atoms with Gasteiger partial charge in [0.05, 0.1) is 4.90 Å². The van der Waals surface area contributed by atoms with Crippen LogP contribution in [0.25, 0.3) is 0 Å². The summed E-state index contributed by atoms with van der Waals surface area (Å²) < 4.78 is 24.1. The number of hydrogen-bond acceptors (Lipinski definition) is 4. The number of nitrogens with one attached hydrogen (secondary N) is 1. The van der Waals surface area contributed by atoms with E-state index in [1.807, 2.05) is 0 Å². The van der Waals surface area contributed by atoms with Crippen LogP contribution in [0.5, 0.6) is 0 Å². The predicted octanol–water partition coefficient (Wildman–Crippen LogP) is 0.751. The van der Waals surface area contributed by atoms with Gasteiger partial charge in [0.1, 0.15) is 6.54 Å². The maximum absolute atomic E-state index is 12.1. The molecule has 0 fully saturated rings. The first-order chi connectivity index (χ1) is 10.7. The molecule has 1 amide bonds. The van der Waals surface area contributed by atoms with Crippen LogP contribution in [0, 0.1) is 13.8 Å². The Morgan fingerprint density at radius 3 is 2.13 bits per heavy atom. The molecular weight excluding hydrogens is 318 g/mol. The lowest BCUT2D eigenvalue weighted by Gasteiger charge is -2.14. The fourth-order valence-corrected chi connectivity index (χ4v) is 2.72. The number of aryl methyl sites for hydroxylation is 2. The summed E-state index contributed by atoms with van der Waals surface area (Å²) in [5.41, 5.74) is 1.73. The van der Waals surface area contributed by atoms with Crippen molar-refractivity contribution in [3.8, 4) is 0 Å². The van der Waals surface area contributed by atoms with E-state index < -0.39 is 10.0 Å². The number of anilines is 1. The van der Waals surface area contributed by atoms with E-state index in [0.717, 1.165) is 0 Å². The van der Waals surface area contributed by atoms with Crippen LogP contribution in [0.3, 0.4) is 0 Å². The Morgan fingerprint density at radius 2 is 1.65 bits per heavy atom. The van der Waals surface area contributed by atoms with E-state index in [0.29, 0.717) is 17.1 Å². The molecule has 0 spiro atoms. The summed E-state index contributed by atoms with van der Waals surface area (Å²) in [4.78, 5) is 23.5. The predicted molar refractivity (Wildman–Crippen MR) is 86.6 cm³/mol. The van der Waals surface area contributed by atoms with Gasteiger partial charge in [-0.15, -0.1) is 0 Å². The molecule has 1 aromatic carbocycles. The van der Waals surface area contributed by atoms with Gasteiger partial charge < -0.3 is 9.88 Å².